The van der Waals surface area contributed by atoms with Crippen LogP contribution in [-0.4, -0.2) is 66.9 Å². The molecule has 0 spiro atoms. The Balaban J connectivity index is 1.96. The first-order valence-electron chi connectivity index (χ1n) is 8.59. The van der Waals surface area contributed by atoms with E-state index in [0.29, 0.717) is 0 Å². The second kappa shape index (κ2) is 8.39. The molecule has 6 N–H and O–H groups in total. The van der Waals surface area contributed by atoms with Gasteiger partial charge in [-0.05, 0) is 24.3 Å². The fraction of sp³-hybridized carbons (Fsp3) is 0.333. The lowest BCUT2D eigenvalue weighted by molar-refractivity contribution is -0.335. The largest absolute Gasteiger partial charge is 0.590 e. The van der Waals surface area contributed by atoms with Crippen LogP contribution in [0.1, 0.15) is 0 Å². The summed E-state index contributed by atoms with van der Waals surface area (Å²) in [4.78, 5) is 0. The maximum atomic E-state index is 13.3. The Morgan fingerprint density at radius 3 is 1.45 bits per heavy atom. The van der Waals surface area contributed by atoms with Gasteiger partial charge in [0.1, 0.15) is 42.0 Å². The van der Waals surface area contributed by atoms with Crippen LogP contribution in [0.5, 0.6) is 11.5 Å². The van der Waals surface area contributed by atoms with E-state index in [4.69, 9.17) is 13.6 Å². The molecule has 1 saturated carbocycles. The maximum Gasteiger partial charge on any atom is 0.590 e. The van der Waals surface area contributed by atoms with E-state index in [0.717, 1.165) is 0 Å². The number of hydrogen-bond acceptors (Lipinski definition) is 10. The molecule has 0 bridgehead atoms. The van der Waals surface area contributed by atoms with Gasteiger partial charge in [-0.2, -0.15) is 0 Å². The van der Waals surface area contributed by atoms with Crippen molar-refractivity contribution in [3.63, 3.8) is 0 Å². The van der Waals surface area contributed by atoms with Crippen LogP contribution in [0.25, 0.3) is 0 Å². The molecule has 1 aliphatic carbocycles. The Labute approximate surface area is 165 Å². The summed E-state index contributed by atoms with van der Waals surface area (Å²) in [6, 6.07) is 15.2. The van der Waals surface area contributed by atoms with Crippen LogP contribution in [-0.2, 0) is 9.09 Å². The highest BCUT2D eigenvalue weighted by Crippen LogP contribution is 2.54. The van der Waals surface area contributed by atoms with E-state index in [-0.39, 0.29) is 11.5 Å². The standard InChI is InChI=1S/C18H21O10P/c19-13-14(20)16(22)18(24,17(23)15(13)21)28-29(25,26-11-7-3-1-4-8-11)27-12-9-5-2-6-10-12/h1-10,13-17,19-24H/t13?,14-,15+,16-,17-,18?/m1/s1. The van der Waals surface area contributed by atoms with Gasteiger partial charge in [0, 0.05) is 0 Å². The van der Waals surface area contributed by atoms with Crippen molar-refractivity contribution in [2.75, 3.05) is 0 Å². The molecule has 158 valence electrons. The number of rotatable bonds is 6. The van der Waals surface area contributed by atoms with Gasteiger partial charge < -0.3 is 39.7 Å². The second-order valence-electron chi connectivity index (χ2n) is 6.46. The average Bonchev–Trinajstić information content (AvgIpc) is 2.71. The Morgan fingerprint density at radius 1 is 0.690 bits per heavy atom. The first-order chi connectivity index (χ1) is 13.7. The number of hydrogen-bond donors (Lipinski definition) is 6. The highest BCUT2D eigenvalue weighted by atomic mass is 31.2. The fourth-order valence-electron chi connectivity index (χ4n) is 2.80. The van der Waals surface area contributed by atoms with Crippen LogP contribution < -0.4 is 9.05 Å². The lowest BCUT2D eigenvalue weighted by atomic mass is 9.82. The second-order valence-corrected chi connectivity index (χ2v) is 7.90. The minimum Gasteiger partial charge on any atom is -0.395 e. The molecule has 0 amide bonds. The van der Waals surface area contributed by atoms with Crippen molar-refractivity contribution >= 4 is 7.82 Å². The van der Waals surface area contributed by atoms with Gasteiger partial charge in [-0.3, -0.25) is 0 Å². The van der Waals surface area contributed by atoms with E-state index in [9.17, 15) is 35.2 Å². The number of para-hydroxylation sites is 2. The van der Waals surface area contributed by atoms with Gasteiger partial charge in [-0.25, -0.2) is 9.09 Å². The first kappa shape index (κ1) is 21.7. The number of benzene rings is 2. The van der Waals surface area contributed by atoms with Crippen LogP contribution in [0.4, 0.5) is 0 Å². The van der Waals surface area contributed by atoms with Gasteiger partial charge in [0.2, 0.25) is 5.79 Å². The van der Waals surface area contributed by atoms with Crippen LogP contribution in [0.2, 0.25) is 0 Å². The van der Waals surface area contributed by atoms with Crippen LogP contribution in [0, 0.1) is 0 Å². The van der Waals surface area contributed by atoms with Crippen LogP contribution >= 0.6 is 7.82 Å². The molecule has 2 aromatic rings. The quantitative estimate of drug-likeness (QED) is 0.267. The summed E-state index contributed by atoms with van der Waals surface area (Å²) in [6.07, 6.45) is -11.0. The van der Waals surface area contributed by atoms with Gasteiger partial charge >= 0.3 is 7.82 Å². The first-order valence-corrected chi connectivity index (χ1v) is 10.0. The Bertz CT molecular complexity index is 787. The molecule has 10 nitrogen and oxygen atoms in total. The minimum atomic E-state index is -4.82. The molecule has 1 aliphatic rings. The summed E-state index contributed by atoms with van der Waals surface area (Å²) in [5.74, 6) is -3.18. The van der Waals surface area contributed by atoms with Crippen molar-refractivity contribution in [3.05, 3.63) is 60.7 Å². The summed E-state index contributed by atoms with van der Waals surface area (Å²) in [5, 5.41) is 60.4. The van der Waals surface area contributed by atoms with Crippen LogP contribution in [0.3, 0.4) is 0 Å². The zero-order chi connectivity index (χ0) is 21.2. The monoisotopic (exact) mass is 428 g/mol. The smallest absolute Gasteiger partial charge is 0.395 e. The van der Waals surface area contributed by atoms with Crippen molar-refractivity contribution in [2.24, 2.45) is 0 Å². The molecule has 0 aromatic heterocycles. The lowest BCUT2D eigenvalue weighted by Gasteiger charge is -2.46. The topological polar surface area (TPSA) is 166 Å². The SMILES string of the molecule is O=P(Oc1ccccc1)(Oc1ccccc1)OC1(O)[C@H](O)[C@H](O)C(O)[C@H](O)[C@H]1O. The molecular formula is C18H21O10P. The van der Waals surface area contributed by atoms with E-state index >= 15 is 0 Å². The van der Waals surface area contributed by atoms with E-state index in [1.807, 2.05) is 0 Å². The molecule has 0 heterocycles. The van der Waals surface area contributed by atoms with E-state index in [1.165, 1.54) is 24.3 Å². The molecule has 3 rings (SSSR count). The van der Waals surface area contributed by atoms with Gasteiger partial charge in [0.05, 0.1) is 0 Å². The molecule has 29 heavy (non-hydrogen) atoms. The third-order valence-electron chi connectivity index (χ3n) is 4.37. The van der Waals surface area contributed by atoms with Gasteiger partial charge in [-0.15, -0.1) is 0 Å². The Hall–Kier alpha value is -2.01. The van der Waals surface area contributed by atoms with E-state index < -0.39 is 44.1 Å². The van der Waals surface area contributed by atoms with Gasteiger partial charge in [0.25, 0.3) is 0 Å². The normalized spacial score (nSPS) is 32.6. The highest BCUT2D eigenvalue weighted by Gasteiger charge is 2.62. The maximum absolute atomic E-state index is 13.3. The number of aliphatic hydroxyl groups is 6. The summed E-state index contributed by atoms with van der Waals surface area (Å²) in [6.45, 7) is 0. The number of phosphoric acid groups is 1. The summed E-state index contributed by atoms with van der Waals surface area (Å²) in [5.41, 5.74) is 0. The molecule has 0 saturated heterocycles. The van der Waals surface area contributed by atoms with E-state index in [1.54, 1.807) is 36.4 Å². The number of phosphoric ester groups is 1. The summed E-state index contributed by atoms with van der Waals surface area (Å²) in [7, 11) is -4.82. The predicted octanol–water partition coefficient (Wildman–Crippen LogP) is -0.224. The van der Waals surface area contributed by atoms with Gasteiger partial charge in [-0.1, -0.05) is 36.4 Å². The van der Waals surface area contributed by atoms with Crippen molar-refractivity contribution in [2.45, 2.75) is 36.3 Å². The van der Waals surface area contributed by atoms with Gasteiger partial charge in [0.15, 0.2) is 0 Å². The molecule has 6 atom stereocenters. The third kappa shape index (κ3) is 4.45. The van der Waals surface area contributed by atoms with Crippen molar-refractivity contribution in [1.82, 2.24) is 0 Å². The summed E-state index contributed by atoms with van der Waals surface area (Å²) < 4.78 is 28.9. The Morgan fingerprint density at radius 2 is 1.07 bits per heavy atom. The van der Waals surface area contributed by atoms with Crippen molar-refractivity contribution in [1.29, 1.82) is 0 Å². The van der Waals surface area contributed by atoms with E-state index in [2.05, 4.69) is 0 Å². The lowest BCUT2D eigenvalue weighted by Crippen LogP contribution is -2.71. The molecule has 0 radical (unpaired) electrons. The zero-order valence-electron chi connectivity index (χ0n) is 14.9. The predicted molar refractivity (Wildman–Crippen MR) is 97.8 cm³/mol. The molecule has 1 fully saturated rings. The van der Waals surface area contributed by atoms with Crippen molar-refractivity contribution < 1.29 is 48.8 Å². The molecular weight excluding hydrogens is 407 g/mol. The molecule has 0 aliphatic heterocycles. The van der Waals surface area contributed by atoms with Crippen molar-refractivity contribution in [3.8, 4) is 11.5 Å². The fourth-order valence-corrected chi connectivity index (χ4v) is 4.25. The number of aliphatic hydroxyl groups excluding tert-OH is 5. The summed E-state index contributed by atoms with van der Waals surface area (Å²) >= 11 is 0. The molecule has 11 heteroatoms. The third-order valence-corrected chi connectivity index (χ3v) is 5.76. The Kier molecular flexibility index (Phi) is 6.27. The zero-order valence-corrected chi connectivity index (χ0v) is 15.8. The molecule has 2 unspecified atom stereocenters. The average molecular weight is 428 g/mol. The minimum absolute atomic E-state index is 0.0104. The van der Waals surface area contributed by atoms with Crippen LogP contribution in [0.15, 0.2) is 60.7 Å². The molecule has 2 aromatic carbocycles. The highest BCUT2D eigenvalue weighted by molar-refractivity contribution is 7.49.